The van der Waals surface area contributed by atoms with Crippen LogP contribution in [0.5, 0.6) is 5.88 Å². The fourth-order valence-corrected chi connectivity index (χ4v) is 8.83. The first-order valence-electron chi connectivity index (χ1n) is 15.8. The van der Waals surface area contributed by atoms with E-state index in [4.69, 9.17) is 23.9 Å². The number of hydrogen-bond donors (Lipinski definition) is 1. The molecule has 2 heterocycles. The van der Waals surface area contributed by atoms with E-state index < -0.39 is 32.6 Å². The van der Waals surface area contributed by atoms with E-state index in [0.717, 1.165) is 22.4 Å². The number of ether oxygens (including phenoxy) is 4. The second-order valence-corrected chi connectivity index (χ2v) is 16.1. The molecule has 1 aliphatic heterocycles. The molecule has 4 rings (SSSR count). The third-order valence-corrected chi connectivity index (χ3v) is 11.2. The lowest BCUT2D eigenvalue weighted by Crippen LogP contribution is -2.54. The van der Waals surface area contributed by atoms with E-state index in [2.05, 4.69) is 25.1 Å². The zero-order chi connectivity index (χ0) is 33.2. The number of esters is 1. The summed E-state index contributed by atoms with van der Waals surface area (Å²) < 4.78 is 50.3. The van der Waals surface area contributed by atoms with Crippen molar-refractivity contribution in [3.8, 4) is 17.1 Å². The first kappa shape index (κ1) is 35.3. The number of hydrogen-bond acceptors (Lipinski definition) is 9. The van der Waals surface area contributed by atoms with Crippen molar-refractivity contribution >= 4 is 16.0 Å². The maximum atomic E-state index is 14.1. The molecule has 250 valence electrons. The summed E-state index contributed by atoms with van der Waals surface area (Å²) in [4.78, 5) is 17.8. The lowest BCUT2D eigenvalue weighted by Gasteiger charge is -2.37. The number of carbonyl (C=O) groups is 1. The Hall–Kier alpha value is -2.57. The third kappa shape index (κ3) is 8.24. The van der Waals surface area contributed by atoms with Crippen molar-refractivity contribution in [2.24, 2.45) is 5.92 Å². The van der Waals surface area contributed by atoms with Gasteiger partial charge in [0, 0.05) is 31.1 Å². The molecule has 1 aromatic heterocycles. The van der Waals surface area contributed by atoms with Gasteiger partial charge in [0.25, 0.3) is 0 Å². The molecule has 1 aliphatic carbocycles. The number of aromatic nitrogens is 1. The van der Waals surface area contributed by atoms with E-state index in [-0.39, 0.29) is 30.3 Å². The Balaban J connectivity index is 1.43. The van der Waals surface area contributed by atoms with Crippen molar-refractivity contribution in [2.75, 3.05) is 33.4 Å². The van der Waals surface area contributed by atoms with Crippen LogP contribution in [-0.2, 0) is 29.0 Å². The summed E-state index contributed by atoms with van der Waals surface area (Å²) in [5.74, 6) is -1.76. The Kier molecular flexibility index (Phi) is 10.7. The topological polar surface area (TPSA) is 124 Å². The maximum absolute atomic E-state index is 14.1. The Morgan fingerprint density at radius 3 is 2.36 bits per heavy atom. The zero-order valence-electron chi connectivity index (χ0n) is 28.0. The average Bonchev–Trinajstić information content (AvgIpc) is 3.30. The van der Waals surface area contributed by atoms with Gasteiger partial charge >= 0.3 is 5.97 Å². The van der Waals surface area contributed by atoms with Gasteiger partial charge in [-0.15, -0.1) is 0 Å². The van der Waals surface area contributed by atoms with E-state index >= 15 is 0 Å². The van der Waals surface area contributed by atoms with Crippen molar-refractivity contribution in [3.63, 3.8) is 0 Å². The molecule has 45 heavy (non-hydrogen) atoms. The molecule has 1 saturated carbocycles. The number of aryl methyl sites for hydroxylation is 1. The molecule has 10 nitrogen and oxygen atoms in total. The number of nitrogens with zero attached hydrogens (tertiary/aromatic N) is 2. The molecule has 11 heteroatoms. The highest BCUT2D eigenvalue weighted by molar-refractivity contribution is 7.91. The smallest absolute Gasteiger partial charge is 0.328 e. The summed E-state index contributed by atoms with van der Waals surface area (Å²) >= 11 is 0. The Morgan fingerprint density at radius 1 is 1.07 bits per heavy atom. The molecule has 2 fully saturated rings. The van der Waals surface area contributed by atoms with Crippen LogP contribution in [0.25, 0.3) is 11.3 Å². The van der Waals surface area contributed by atoms with E-state index in [1.54, 1.807) is 0 Å². The summed E-state index contributed by atoms with van der Waals surface area (Å²) in [7, 11) is -2.85. The molecule has 1 N–H and O–H groups in total. The normalized spacial score (nSPS) is 23.7. The van der Waals surface area contributed by atoms with Gasteiger partial charge in [-0.2, -0.15) is 0 Å². The van der Waals surface area contributed by atoms with Gasteiger partial charge in [-0.1, -0.05) is 31.2 Å². The SMILES string of the molecule is COC(=O)[C@@]1(S(=O)(=O)N2CCC(c3ccc(-c4cccc(OCCOC(C)(C)C)n4)c(C)c3)CC2)C[C@@H](C)[C@@H](OC(C)(C)O)C1. The van der Waals surface area contributed by atoms with Gasteiger partial charge in [-0.25, -0.2) is 17.7 Å². The van der Waals surface area contributed by atoms with Gasteiger partial charge in [-0.05, 0) is 89.8 Å². The molecule has 0 unspecified atom stereocenters. The molecule has 1 aromatic carbocycles. The second kappa shape index (κ2) is 13.7. The fourth-order valence-electron chi connectivity index (χ4n) is 6.50. The minimum Gasteiger partial charge on any atom is -0.475 e. The molecule has 3 atom stereocenters. The van der Waals surface area contributed by atoms with Crippen LogP contribution in [0, 0.1) is 12.8 Å². The van der Waals surface area contributed by atoms with Crippen LogP contribution in [0.1, 0.15) is 84.3 Å². The van der Waals surface area contributed by atoms with Crippen molar-refractivity contribution in [1.82, 2.24) is 9.29 Å². The van der Waals surface area contributed by atoms with Crippen molar-refractivity contribution in [1.29, 1.82) is 0 Å². The molecule has 0 radical (unpaired) electrons. The summed E-state index contributed by atoms with van der Waals surface area (Å²) in [6.07, 6.45) is 0.689. The number of methoxy groups -OCH3 is 1. The summed E-state index contributed by atoms with van der Waals surface area (Å²) in [6.45, 7) is 14.4. The number of benzene rings is 1. The van der Waals surface area contributed by atoms with Gasteiger partial charge in [0.15, 0.2) is 10.5 Å². The van der Waals surface area contributed by atoms with Crippen LogP contribution in [0.3, 0.4) is 0 Å². The number of piperidine rings is 1. The zero-order valence-corrected chi connectivity index (χ0v) is 28.8. The molecule has 0 spiro atoms. The van der Waals surface area contributed by atoms with Crippen LogP contribution >= 0.6 is 0 Å². The minimum atomic E-state index is -4.06. The standard InChI is InChI=1S/C34H50N2O8S/c1-23-20-26(12-13-27(23)28-10-9-11-30(35-28)42-18-19-43-32(3,4)5)25-14-16-36(17-15-25)45(39,40)34(31(37)41-8)21-24(2)29(22-34)44-33(6,7)38/h9-13,20,24-25,29,38H,14-19,21-22H2,1-8H3/t24-,29+,34-/m1/s1. The average molecular weight is 647 g/mol. The summed E-state index contributed by atoms with van der Waals surface area (Å²) in [5.41, 5.74) is 3.83. The van der Waals surface area contributed by atoms with Crippen LogP contribution in [0.15, 0.2) is 36.4 Å². The molecular formula is C34H50N2O8S. The van der Waals surface area contributed by atoms with Gasteiger partial charge in [0.05, 0.1) is 31.1 Å². The van der Waals surface area contributed by atoms with Crippen molar-refractivity contribution in [3.05, 3.63) is 47.5 Å². The summed E-state index contributed by atoms with van der Waals surface area (Å²) in [6, 6.07) is 12.0. The van der Waals surface area contributed by atoms with E-state index in [9.17, 15) is 18.3 Å². The number of sulfonamides is 1. The van der Waals surface area contributed by atoms with E-state index in [1.807, 2.05) is 45.9 Å². The van der Waals surface area contributed by atoms with Crippen molar-refractivity contribution < 1.29 is 37.3 Å². The molecule has 2 aromatic rings. The number of carbonyl (C=O) groups excluding carboxylic acids is 1. The Morgan fingerprint density at radius 2 is 1.76 bits per heavy atom. The molecule has 0 amide bonds. The largest absolute Gasteiger partial charge is 0.475 e. The first-order valence-corrected chi connectivity index (χ1v) is 17.2. The molecule has 1 saturated heterocycles. The molecular weight excluding hydrogens is 596 g/mol. The van der Waals surface area contributed by atoms with Gasteiger partial charge < -0.3 is 24.1 Å². The second-order valence-electron chi connectivity index (χ2n) is 13.9. The maximum Gasteiger partial charge on any atom is 0.328 e. The molecule has 2 aliphatic rings. The van der Waals surface area contributed by atoms with Crippen LogP contribution < -0.4 is 4.74 Å². The number of rotatable bonds is 11. The number of pyridine rings is 1. The predicted molar refractivity (Wildman–Crippen MR) is 172 cm³/mol. The quantitative estimate of drug-likeness (QED) is 0.199. The lowest BCUT2D eigenvalue weighted by atomic mass is 9.88. The predicted octanol–water partition coefficient (Wildman–Crippen LogP) is 5.22. The highest BCUT2D eigenvalue weighted by atomic mass is 32.2. The van der Waals surface area contributed by atoms with Crippen LogP contribution in [-0.4, -0.2) is 84.4 Å². The van der Waals surface area contributed by atoms with E-state index in [0.29, 0.717) is 45.0 Å². The monoisotopic (exact) mass is 646 g/mol. The van der Waals surface area contributed by atoms with Gasteiger partial charge in [0.1, 0.15) is 6.61 Å². The highest BCUT2D eigenvalue weighted by Gasteiger charge is 2.61. The fraction of sp³-hybridized carbons (Fsp3) is 0.647. The van der Waals surface area contributed by atoms with Gasteiger partial charge in [-0.3, -0.25) is 4.79 Å². The van der Waals surface area contributed by atoms with Crippen molar-refractivity contribution in [2.45, 2.75) is 102 Å². The summed E-state index contributed by atoms with van der Waals surface area (Å²) in [5, 5.41) is 10.2. The minimum absolute atomic E-state index is 0.0568. The molecule has 0 bridgehead atoms. The van der Waals surface area contributed by atoms with Crippen LogP contribution in [0.4, 0.5) is 0 Å². The number of aliphatic hydroxyl groups is 1. The van der Waals surface area contributed by atoms with Crippen LogP contribution in [0.2, 0.25) is 0 Å². The Labute approximate surface area is 268 Å². The van der Waals surface area contributed by atoms with E-state index in [1.165, 1.54) is 25.3 Å². The highest BCUT2D eigenvalue weighted by Crippen LogP contribution is 2.46. The van der Waals surface area contributed by atoms with Gasteiger partial charge in [0.2, 0.25) is 15.9 Å². The lowest BCUT2D eigenvalue weighted by molar-refractivity contribution is -0.211. The third-order valence-electron chi connectivity index (χ3n) is 8.69. The first-order chi connectivity index (χ1) is 21.0. The Bertz CT molecular complexity index is 1440.